The molecule has 1 fully saturated rings. The lowest BCUT2D eigenvalue weighted by Gasteiger charge is -2.37. The van der Waals surface area contributed by atoms with Crippen molar-refractivity contribution in [1.29, 1.82) is 0 Å². The number of hydrogen-bond acceptors (Lipinski definition) is 6. The average molecular weight is 303 g/mol. The number of rotatable bonds is 10. The number of carbonyl (C=O) groups excluding carboxylic acids is 1. The predicted octanol–water partition coefficient (Wildman–Crippen LogP) is 0.987. The SMILES string of the molecule is COCCOCCOCCOC(=O)C1NCCCC1(C)C. The predicted molar refractivity (Wildman–Crippen MR) is 79.3 cm³/mol. The molecule has 1 atom stereocenters. The Morgan fingerprint density at radius 3 is 2.33 bits per heavy atom. The maximum atomic E-state index is 12.0. The zero-order valence-corrected chi connectivity index (χ0v) is 13.5. The van der Waals surface area contributed by atoms with Crippen molar-refractivity contribution in [3.05, 3.63) is 0 Å². The minimum absolute atomic E-state index is 0.0502. The molecule has 1 rings (SSSR count). The maximum absolute atomic E-state index is 12.0. The van der Waals surface area contributed by atoms with Gasteiger partial charge in [-0.2, -0.15) is 0 Å². The van der Waals surface area contributed by atoms with E-state index in [1.165, 1.54) is 0 Å². The monoisotopic (exact) mass is 303 g/mol. The summed E-state index contributed by atoms with van der Waals surface area (Å²) in [5.74, 6) is -0.181. The van der Waals surface area contributed by atoms with Gasteiger partial charge in [0.25, 0.3) is 0 Å². The van der Waals surface area contributed by atoms with Crippen LogP contribution in [-0.2, 0) is 23.7 Å². The van der Waals surface area contributed by atoms with Gasteiger partial charge in [0.1, 0.15) is 12.6 Å². The maximum Gasteiger partial charge on any atom is 0.323 e. The van der Waals surface area contributed by atoms with Crippen LogP contribution in [0.5, 0.6) is 0 Å². The van der Waals surface area contributed by atoms with Crippen LogP contribution in [0, 0.1) is 5.41 Å². The summed E-state index contributed by atoms with van der Waals surface area (Å²) in [5, 5.41) is 3.24. The van der Waals surface area contributed by atoms with Gasteiger partial charge in [-0.25, -0.2) is 0 Å². The van der Waals surface area contributed by atoms with Gasteiger partial charge in [0.2, 0.25) is 0 Å². The molecule has 0 saturated carbocycles. The van der Waals surface area contributed by atoms with Crippen LogP contribution in [0.1, 0.15) is 26.7 Å². The van der Waals surface area contributed by atoms with Gasteiger partial charge in [0, 0.05) is 7.11 Å². The molecular formula is C15H29NO5. The summed E-state index contributed by atoms with van der Waals surface area (Å²) in [5.41, 5.74) is -0.0502. The smallest absolute Gasteiger partial charge is 0.323 e. The molecular weight excluding hydrogens is 274 g/mol. The molecule has 0 aliphatic carbocycles. The molecule has 1 heterocycles. The van der Waals surface area contributed by atoms with Crippen molar-refractivity contribution in [2.24, 2.45) is 5.41 Å². The molecule has 0 aromatic carbocycles. The van der Waals surface area contributed by atoms with Crippen LogP contribution in [0.25, 0.3) is 0 Å². The van der Waals surface area contributed by atoms with Crippen LogP contribution in [-0.4, -0.2) is 65.3 Å². The Kier molecular flexibility index (Phi) is 8.84. The molecule has 0 bridgehead atoms. The molecule has 124 valence electrons. The average Bonchev–Trinajstić information content (AvgIpc) is 2.45. The zero-order chi connectivity index (χ0) is 15.6. The van der Waals surface area contributed by atoms with Crippen LogP contribution in [0.3, 0.4) is 0 Å². The van der Waals surface area contributed by atoms with Crippen molar-refractivity contribution in [3.63, 3.8) is 0 Å². The quantitative estimate of drug-likeness (QED) is 0.479. The Bertz CT molecular complexity index is 296. The van der Waals surface area contributed by atoms with E-state index in [2.05, 4.69) is 19.2 Å². The number of esters is 1. The molecule has 0 radical (unpaired) electrons. The summed E-state index contributed by atoms with van der Waals surface area (Å²) in [6.45, 7) is 7.91. The fourth-order valence-corrected chi connectivity index (χ4v) is 2.36. The van der Waals surface area contributed by atoms with Gasteiger partial charge in [-0.1, -0.05) is 13.8 Å². The first-order valence-electron chi connectivity index (χ1n) is 7.62. The molecule has 0 spiro atoms. The van der Waals surface area contributed by atoms with Crippen LogP contribution >= 0.6 is 0 Å². The topological polar surface area (TPSA) is 66.0 Å². The fourth-order valence-electron chi connectivity index (χ4n) is 2.36. The molecule has 21 heavy (non-hydrogen) atoms. The zero-order valence-electron chi connectivity index (χ0n) is 13.5. The number of hydrogen-bond donors (Lipinski definition) is 1. The summed E-state index contributed by atoms with van der Waals surface area (Å²) >= 11 is 0. The van der Waals surface area contributed by atoms with Gasteiger partial charge in [0.05, 0.1) is 33.0 Å². The molecule has 6 heteroatoms. The van der Waals surface area contributed by atoms with E-state index in [0.29, 0.717) is 33.0 Å². The molecule has 1 aliphatic heterocycles. The van der Waals surface area contributed by atoms with Gasteiger partial charge in [-0.05, 0) is 24.8 Å². The number of methoxy groups -OCH3 is 1. The van der Waals surface area contributed by atoms with Gasteiger partial charge in [-0.3, -0.25) is 4.79 Å². The number of ether oxygens (including phenoxy) is 4. The van der Waals surface area contributed by atoms with E-state index in [1.807, 2.05) is 0 Å². The molecule has 0 amide bonds. The lowest BCUT2D eigenvalue weighted by molar-refractivity contribution is -0.152. The van der Waals surface area contributed by atoms with Gasteiger partial charge < -0.3 is 24.3 Å². The minimum Gasteiger partial charge on any atom is -0.462 e. The van der Waals surface area contributed by atoms with E-state index in [4.69, 9.17) is 18.9 Å². The molecule has 0 aromatic rings. The van der Waals surface area contributed by atoms with Crippen molar-refractivity contribution >= 4 is 5.97 Å². The highest BCUT2D eigenvalue weighted by molar-refractivity contribution is 5.77. The third kappa shape index (κ3) is 7.22. The van der Waals surface area contributed by atoms with Gasteiger partial charge in [0.15, 0.2) is 0 Å². The Morgan fingerprint density at radius 1 is 1.10 bits per heavy atom. The van der Waals surface area contributed by atoms with E-state index in [-0.39, 0.29) is 24.0 Å². The summed E-state index contributed by atoms with van der Waals surface area (Å²) in [4.78, 5) is 12.0. The third-order valence-corrected chi connectivity index (χ3v) is 3.64. The largest absolute Gasteiger partial charge is 0.462 e. The van der Waals surface area contributed by atoms with Gasteiger partial charge in [-0.15, -0.1) is 0 Å². The molecule has 1 N–H and O–H groups in total. The van der Waals surface area contributed by atoms with Crippen LogP contribution < -0.4 is 5.32 Å². The molecule has 1 aliphatic rings. The van der Waals surface area contributed by atoms with Crippen molar-refractivity contribution in [3.8, 4) is 0 Å². The second kappa shape index (κ2) is 10.1. The van der Waals surface area contributed by atoms with Gasteiger partial charge >= 0.3 is 5.97 Å². The number of nitrogens with one attached hydrogen (secondary N) is 1. The van der Waals surface area contributed by atoms with Crippen LogP contribution in [0.15, 0.2) is 0 Å². The fraction of sp³-hybridized carbons (Fsp3) is 0.933. The van der Waals surface area contributed by atoms with Crippen molar-refractivity contribution in [2.75, 3.05) is 53.3 Å². The number of carbonyl (C=O) groups is 1. The first-order chi connectivity index (χ1) is 10.1. The Hall–Kier alpha value is -0.690. The highest BCUT2D eigenvalue weighted by Crippen LogP contribution is 2.30. The Labute approximate surface area is 127 Å². The van der Waals surface area contributed by atoms with E-state index < -0.39 is 0 Å². The normalized spacial score (nSPS) is 21.2. The van der Waals surface area contributed by atoms with E-state index in [0.717, 1.165) is 19.4 Å². The molecule has 6 nitrogen and oxygen atoms in total. The Balaban J connectivity index is 2.03. The summed E-state index contributed by atoms with van der Waals surface area (Å²) < 4.78 is 20.7. The molecule has 0 aromatic heterocycles. The highest BCUT2D eigenvalue weighted by Gasteiger charge is 2.38. The number of piperidine rings is 1. The second-order valence-electron chi connectivity index (χ2n) is 5.86. The van der Waals surface area contributed by atoms with Crippen molar-refractivity contribution in [1.82, 2.24) is 5.32 Å². The standard InChI is InChI=1S/C15H29NO5/c1-15(2)5-4-6-16-13(15)14(17)21-12-11-20-10-9-19-8-7-18-3/h13,16H,4-12H2,1-3H3. The first-order valence-corrected chi connectivity index (χ1v) is 7.62. The first kappa shape index (κ1) is 18.4. The van der Waals surface area contributed by atoms with Crippen LogP contribution in [0.4, 0.5) is 0 Å². The Morgan fingerprint density at radius 2 is 1.71 bits per heavy atom. The van der Waals surface area contributed by atoms with E-state index in [1.54, 1.807) is 7.11 Å². The lowest BCUT2D eigenvalue weighted by atomic mass is 9.77. The summed E-state index contributed by atoms with van der Waals surface area (Å²) in [7, 11) is 1.64. The third-order valence-electron chi connectivity index (χ3n) is 3.64. The van der Waals surface area contributed by atoms with Crippen molar-refractivity contribution in [2.45, 2.75) is 32.7 Å². The van der Waals surface area contributed by atoms with E-state index >= 15 is 0 Å². The van der Waals surface area contributed by atoms with E-state index in [9.17, 15) is 4.79 Å². The minimum atomic E-state index is -0.219. The second-order valence-corrected chi connectivity index (χ2v) is 5.86. The summed E-state index contributed by atoms with van der Waals surface area (Å²) in [6, 6.07) is -0.219. The molecule has 1 unspecified atom stereocenters. The molecule has 1 saturated heterocycles. The van der Waals surface area contributed by atoms with Crippen molar-refractivity contribution < 1.29 is 23.7 Å². The van der Waals surface area contributed by atoms with Crippen LogP contribution in [0.2, 0.25) is 0 Å². The lowest BCUT2D eigenvalue weighted by Crippen LogP contribution is -2.52. The highest BCUT2D eigenvalue weighted by atomic mass is 16.6. The summed E-state index contributed by atoms with van der Waals surface area (Å²) in [6.07, 6.45) is 2.14.